The molecule has 2 heteroatoms. The summed E-state index contributed by atoms with van der Waals surface area (Å²) in [5, 5.41) is 3.85. The Kier molecular flexibility index (Phi) is 3.29. The molecule has 1 aliphatic rings. The van der Waals surface area contributed by atoms with Gasteiger partial charge in [-0.15, -0.1) is 0 Å². The number of rotatable bonds is 1. The van der Waals surface area contributed by atoms with Crippen molar-refractivity contribution < 1.29 is 0 Å². The maximum atomic E-state index is 4.48. The molecule has 0 radical (unpaired) electrons. The van der Waals surface area contributed by atoms with Gasteiger partial charge in [0, 0.05) is 11.8 Å². The fraction of sp³-hybridized carbons (Fsp3) is 0.750. The zero-order chi connectivity index (χ0) is 7.40. The second kappa shape index (κ2) is 4.04. The Labute approximate surface area is 68.3 Å². The fourth-order valence-corrected chi connectivity index (χ4v) is 1.57. The number of hydrogen-bond acceptors (Lipinski definition) is 2. The van der Waals surface area contributed by atoms with Crippen LogP contribution >= 0.6 is 12.6 Å². The van der Waals surface area contributed by atoms with E-state index in [0.29, 0.717) is 5.25 Å². The summed E-state index contributed by atoms with van der Waals surface area (Å²) in [7, 11) is 0. The highest BCUT2D eigenvalue weighted by Crippen LogP contribution is 2.16. The van der Waals surface area contributed by atoms with Gasteiger partial charge in [0.15, 0.2) is 0 Å². The molecule has 1 heterocycles. The van der Waals surface area contributed by atoms with E-state index in [1.165, 1.54) is 12.0 Å². The summed E-state index contributed by atoms with van der Waals surface area (Å²) in [6.45, 7) is 4.33. The number of piperidine rings is 1. The monoisotopic (exact) mass is 157 g/mol. The molecule has 0 spiro atoms. The number of nitrogens with one attached hydrogen (secondary N) is 1. The van der Waals surface area contributed by atoms with Crippen LogP contribution in [0.3, 0.4) is 0 Å². The Morgan fingerprint density at radius 2 is 2.60 bits per heavy atom. The third-order valence-electron chi connectivity index (χ3n) is 1.82. The van der Waals surface area contributed by atoms with E-state index in [-0.39, 0.29) is 0 Å². The number of allylic oxidation sites excluding steroid dienone is 1. The van der Waals surface area contributed by atoms with Gasteiger partial charge in [-0.3, -0.25) is 0 Å². The summed E-state index contributed by atoms with van der Waals surface area (Å²) in [6.07, 6.45) is 4.59. The second-order valence-corrected chi connectivity index (χ2v) is 3.29. The van der Waals surface area contributed by atoms with Gasteiger partial charge in [0.1, 0.15) is 0 Å². The zero-order valence-corrected chi connectivity index (χ0v) is 7.32. The van der Waals surface area contributed by atoms with Crippen molar-refractivity contribution >= 4 is 12.6 Å². The highest BCUT2D eigenvalue weighted by atomic mass is 32.1. The van der Waals surface area contributed by atoms with E-state index in [0.717, 1.165) is 19.5 Å². The summed E-state index contributed by atoms with van der Waals surface area (Å²) >= 11 is 4.48. The minimum absolute atomic E-state index is 0.515. The highest BCUT2D eigenvalue weighted by Gasteiger charge is 2.12. The third-order valence-corrected chi connectivity index (χ3v) is 2.41. The van der Waals surface area contributed by atoms with Crippen molar-refractivity contribution in [2.45, 2.75) is 25.0 Å². The predicted molar refractivity (Wildman–Crippen MR) is 48.6 cm³/mol. The molecule has 1 saturated heterocycles. The molecule has 10 heavy (non-hydrogen) atoms. The molecule has 0 saturated carbocycles. The van der Waals surface area contributed by atoms with Crippen LogP contribution in [0.15, 0.2) is 11.6 Å². The standard InChI is InChI=1S/C8H15NS/c1-2-3-7-6-9-5-4-8(7)10/h3,8-10H,2,4-6H2,1H3/b7-3-. The minimum Gasteiger partial charge on any atom is -0.313 e. The van der Waals surface area contributed by atoms with Crippen molar-refractivity contribution in [1.29, 1.82) is 0 Å². The van der Waals surface area contributed by atoms with Crippen LogP contribution in [0.2, 0.25) is 0 Å². The Hall–Kier alpha value is 0.0500. The Bertz CT molecular complexity index is 131. The first-order valence-corrected chi connectivity index (χ1v) is 4.44. The van der Waals surface area contributed by atoms with Crippen LogP contribution in [0, 0.1) is 0 Å². The van der Waals surface area contributed by atoms with E-state index in [2.05, 4.69) is 30.9 Å². The molecule has 1 aliphatic heterocycles. The smallest absolute Gasteiger partial charge is 0.0250 e. The number of thiol groups is 1. The van der Waals surface area contributed by atoms with Gasteiger partial charge in [0.2, 0.25) is 0 Å². The van der Waals surface area contributed by atoms with Gasteiger partial charge in [0.25, 0.3) is 0 Å². The molecule has 0 aliphatic carbocycles. The van der Waals surface area contributed by atoms with E-state index in [4.69, 9.17) is 0 Å². The van der Waals surface area contributed by atoms with Crippen LogP contribution in [0.25, 0.3) is 0 Å². The van der Waals surface area contributed by atoms with Gasteiger partial charge in [-0.05, 0) is 25.0 Å². The largest absolute Gasteiger partial charge is 0.313 e. The van der Waals surface area contributed by atoms with Crippen LogP contribution in [0.4, 0.5) is 0 Å². The Balaban J connectivity index is 2.47. The molecule has 1 N–H and O–H groups in total. The SMILES string of the molecule is CC/C=C1/CNCCC1S. The van der Waals surface area contributed by atoms with Crippen molar-refractivity contribution in [2.75, 3.05) is 13.1 Å². The van der Waals surface area contributed by atoms with Crippen molar-refractivity contribution in [3.05, 3.63) is 11.6 Å². The molecule has 0 bridgehead atoms. The Morgan fingerprint density at radius 1 is 1.80 bits per heavy atom. The van der Waals surface area contributed by atoms with E-state index in [1.54, 1.807) is 0 Å². The van der Waals surface area contributed by atoms with E-state index >= 15 is 0 Å². The lowest BCUT2D eigenvalue weighted by Crippen LogP contribution is -2.30. The van der Waals surface area contributed by atoms with Crippen molar-refractivity contribution in [1.82, 2.24) is 5.32 Å². The lowest BCUT2D eigenvalue weighted by Gasteiger charge is -2.21. The van der Waals surface area contributed by atoms with E-state index in [1.807, 2.05) is 0 Å². The van der Waals surface area contributed by atoms with Gasteiger partial charge in [0.05, 0.1) is 0 Å². The molecule has 1 atom stereocenters. The van der Waals surface area contributed by atoms with Gasteiger partial charge >= 0.3 is 0 Å². The lowest BCUT2D eigenvalue weighted by atomic mass is 10.1. The molecule has 0 aromatic rings. The van der Waals surface area contributed by atoms with E-state index in [9.17, 15) is 0 Å². The maximum Gasteiger partial charge on any atom is 0.0250 e. The average Bonchev–Trinajstić information content (AvgIpc) is 1.94. The Morgan fingerprint density at radius 3 is 3.20 bits per heavy atom. The summed E-state index contributed by atoms with van der Waals surface area (Å²) < 4.78 is 0. The van der Waals surface area contributed by atoms with Crippen LogP contribution in [0.5, 0.6) is 0 Å². The molecule has 1 rings (SSSR count). The first-order chi connectivity index (χ1) is 4.84. The molecule has 1 nitrogen and oxygen atoms in total. The first kappa shape index (κ1) is 8.15. The summed E-state index contributed by atoms with van der Waals surface area (Å²) in [4.78, 5) is 0. The minimum atomic E-state index is 0.515. The van der Waals surface area contributed by atoms with Gasteiger partial charge in [-0.1, -0.05) is 13.0 Å². The average molecular weight is 157 g/mol. The van der Waals surface area contributed by atoms with Gasteiger partial charge in [-0.25, -0.2) is 0 Å². The predicted octanol–water partition coefficient (Wildman–Crippen LogP) is 1.61. The first-order valence-electron chi connectivity index (χ1n) is 3.92. The van der Waals surface area contributed by atoms with Crippen LogP contribution < -0.4 is 5.32 Å². The third kappa shape index (κ3) is 2.03. The zero-order valence-electron chi connectivity index (χ0n) is 6.43. The van der Waals surface area contributed by atoms with Gasteiger partial charge in [-0.2, -0.15) is 12.6 Å². The molecule has 58 valence electrons. The maximum absolute atomic E-state index is 4.48. The van der Waals surface area contributed by atoms with Gasteiger partial charge < -0.3 is 5.32 Å². The normalized spacial score (nSPS) is 31.0. The van der Waals surface area contributed by atoms with Crippen LogP contribution in [-0.2, 0) is 0 Å². The topological polar surface area (TPSA) is 12.0 Å². The molecule has 0 amide bonds. The number of hydrogen-bond donors (Lipinski definition) is 2. The highest BCUT2D eigenvalue weighted by molar-refractivity contribution is 7.81. The molecular formula is C8H15NS. The van der Waals surface area contributed by atoms with Crippen LogP contribution in [0.1, 0.15) is 19.8 Å². The lowest BCUT2D eigenvalue weighted by molar-refractivity contribution is 0.618. The fourth-order valence-electron chi connectivity index (χ4n) is 1.25. The van der Waals surface area contributed by atoms with Crippen molar-refractivity contribution in [2.24, 2.45) is 0 Å². The van der Waals surface area contributed by atoms with Crippen molar-refractivity contribution in [3.63, 3.8) is 0 Å². The van der Waals surface area contributed by atoms with E-state index < -0.39 is 0 Å². The molecule has 1 unspecified atom stereocenters. The molecule has 0 aromatic heterocycles. The van der Waals surface area contributed by atoms with Crippen LogP contribution in [-0.4, -0.2) is 18.3 Å². The van der Waals surface area contributed by atoms with Crippen molar-refractivity contribution in [3.8, 4) is 0 Å². The summed E-state index contributed by atoms with van der Waals surface area (Å²) in [5.74, 6) is 0. The summed E-state index contributed by atoms with van der Waals surface area (Å²) in [5.41, 5.74) is 1.47. The molecule has 0 aromatic carbocycles. The summed E-state index contributed by atoms with van der Waals surface area (Å²) in [6, 6.07) is 0. The molecular weight excluding hydrogens is 142 g/mol. The second-order valence-electron chi connectivity index (χ2n) is 2.67. The molecule has 1 fully saturated rings. The quantitative estimate of drug-likeness (QED) is 0.435.